The second-order valence-corrected chi connectivity index (χ2v) is 3.52. The Morgan fingerprint density at radius 1 is 1.19 bits per heavy atom. The van der Waals surface area contributed by atoms with Crippen molar-refractivity contribution in [3.05, 3.63) is 35.5 Å². The summed E-state index contributed by atoms with van der Waals surface area (Å²) >= 11 is 0. The van der Waals surface area contributed by atoms with Crippen molar-refractivity contribution in [2.75, 3.05) is 0 Å². The van der Waals surface area contributed by atoms with E-state index in [1.165, 1.54) is 18.2 Å². The van der Waals surface area contributed by atoms with Gasteiger partial charge >= 0.3 is 6.18 Å². The van der Waals surface area contributed by atoms with Crippen LogP contribution in [0.15, 0.2) is 24.3 Å². The van der Waals surface area contributed by atoms with E-state index in [0.717, 1.165) is 6.07 Å². The maximum atomic E-state index is 12.5. The van der Waals surface area contributed by atoms with Crippen molar-refractivity contribution in [1.82, 2.24) is 4.98 Å². The molecule has 0 amide bonds. The summed E-state index contributed by atoms with van der Waals surface area (Å²) in [5.41, 5.74) is -0.249. The quantitative estimate of drug-likeness (QED) is 0.749. The average molecular weight is 227 g/mol. The number of fused-ring (bicyclic) bond motifs is 1. The molecular formula is C11H8F3NO. The Balaban J connectivity index is 2.74. The molecule has 2 aromatic rings. The number of benzene rings is 1. The third-order valence-electron chi connectivity index (χ3n) is 2.29. The Kier molecular flexibility index (Phi) is 2.26. The van der Waals surface area contributed by atoms with Crippen LogP contribution in [0, 0.1) is 6.92 Å². The number of nitrogens with zero attached hydrogens (tertiary/aromatic N) is 1. The number of rotatable bonds is 0. The summed E-state index contributed by atoms with van der Waals surface area (Å²) < 4.78 is 37.4. The smallest absolute Gasteiger partial charge is 0.433 e. The van der Waals surface area contributed by atoms with Crippen LogP contribution in [-0.4, -0.2) is 10.1 Å². The molecular weight excluding hydrogens is 219 g/mol. The van der Waals surface area contributed by atoms with Gasteiger partial charge in [-0.1, -0.05) is 0 Å². The van der Waals surface area contributed by atoms with Crippen LogP contribution in [0.5, 0.6) is 5.75 Å². The van der Waals surface area contributed by atoms with E-state index in [1.807, 2.05) is 0 Å². The normalized spacial score (nSPS) is 12.0. The zero-order valence-corrected chi connectivity index (χ0v) is 8.34. The van der Waals surface area contributed by atoms with E-state index in [2.05, 4.69) is 4.98 Å². The number of hydrogen-bond donors (Lipinski definition) is 1. The first-order chi connectivity index (χ1) is 7.38. The van der Waals surface area contributed by atoms with Crippen LogP contribution in [-0.2, 0) is 6.18 Å². The molecule has 0 radical (unpaired) electrons. The van der Waals surface area contributed by atoms with E-state index < -0.39 is 11.9 Å². The fourth-order valence-electron chi connectivity index (χ4n) is 1.53. The molecule has 0 aliphatic rings. The van der Waals surface area contributed by atoms with Crippen molar-refractivity contribution in [2.45, 2.75) is 13.1 Å². The first-order valence-electron chi connectivity index (χ1n) is 4.55. The highest BCUT2D eigenvalue weighted by atomic mass is 19.4. The lowest BCUT2D eigenvalue weighted by molar-refractivity contribution is -0.141. The van der Waals surface area contributed by atoms with Crippen LogP contribution in [0.4, 0.5) is 13.2 Å². The molecule has 0 unspecified atom stereocenters. The molecule has 0 saturated heterocycles. The Labute approximate surface area is 89.4 Å². The fourth-order valence-corrected chi connectivity index (χ4v) is 1.53. The van der Waals surface area contributed by atoms with Gasteiger partial charge in [0.05, 0.1) is 5.52 Å². The van der Waals surface area contributed by atoms with E-state index >= 15 is 0 Å². The highest BCUT2D eigenvalue weighted by molar-refractivity contribution is 5.83. The minimum atomic E-state index is -4.45. The minimum Gasteiger partial charge on any atom is -0.508 e. The van der Waals surface area contributed by atoms with Gasteiger partial charge in [-0.05, 0) is 36.8 Å². The Bertz CT molecular complexity index is 549. The predicted molar refractivity (Wildman–Crippen MR) is 53.1 cm³/mol. The van der Waals surface area contributed by atoms with E-state index in [0.29, 0.717) is 10.9 Å². The SMILES string of the molecule is Cc1cc(C(F)(F)F)nc2ccc(O)cc12. The number of pyridine rings is 1. The summed E-state index contributed by atoms with van der Waals surface area (Å²) in [7, 11) is 0. The van der Waals surface area contributed by atoms with Crippen molar-refractivity contribution >= 4 is 10.9 Å². The Hall–Kier alpha value is -1.78. The maximum Gasteiger partial charge on any atom is 0.433 e. The standard InChI is InChI=1S/C11H8F3NO/c1-6-4-10(11(12,13)14)15-9-3-2-7(16)5-8(6)9/h2-5,16H,1H3. The summed E-state index contributed by atoms with van der Waals surface area (Å²) in [6, 6.07) is 5.06. The molecule has 1 aromatic carbocycles. The maximum absolute atomic E-state index is 12.5. The van der Waals surface area contributed by atoms with Gasteiger partial charge in [-0.25, -0.2) is 4.98 Å². The molecule has 0 aliphatic carbocycles. The van der Waals surface area contributed by atoms with Gasteiger partial charge in [0, 0.05) is 5.39 Å². The first-order valence-corrected chi connectivity index (χ1v) is 4.55. The van der Waals surface area contributed by atoms with Crippen molar-refractivity contribution < 1.29 is 18.3 Å². The minimum absolute atomic E-state index is 0.0113. The molecule has 2 rings (SSSR count). The Morgan fingerprint density at radius 2 is 1.88 bits per heavy atom. The highest BCUT2D eigenvalue weighted by Crippen LogP contribution is 2.31. The van der Waals surface area contributed by atoms with Gasteiger partial charge in [0.25, 0.3) is 0 Å². The van der Waals surface area contributed by atoms with Gasteiger partial charge in [0.1, 0.15) is 11.4 Å². The number of aromatic hydroxyl groups is 1. The van der Waals surface area contributed by atoms with E-state index in [4.69, 9.17) is 0 Å². The molecule has 0 aliphatic heterocycles. The van der Waals surface area contributed by atoms with E-state index in [1.54, 1.807) is 6.92 Å². The predicted octanol–water partition coefficient (Wildman–Crippen LogP) is 3.27. The monoisotopic (exact) mass is 227 g/mol. The Morgan fingerprint density at radius 3 is 2.50 bits per heavy atom. The first kappa shape index (κ1) is 10.7. The van der Waals surface area contributed by atoms with Gasteiger partial charge in [-0.3, -0.25) is 0 Å². The zero-order valence-electron chi connectivity index (χ0n) is 8.34. The molecule has 16 heavy (non-hydrogen) atoms. The molecule has 2 nitrogen and oxygen atoms in total. The summed E-state index contributed by atoms with van der Waals surface area (Å²) in [5, 5.41) is 9.76. The van der Waals surface area contributed by atoms with Crippen molar-refractivity contribution in [3.63, 3.8) is 0 Å². The zero-order chi connectivity index (χ0) is 11.9. The molecule has 0 atom stereocenters. The molecule has 0 fully saturated rings. The van der Waals surface area contributed by atoms with Crippen molar-refractivity contribution in [2.24, 2.45) is 0 Å². The summed E-state index contributed by atoms with van der Waals surface area (Å²) in [5.74, 6) is 0.0113. The number of phenolic OH excluding ortho intramolecular Hbond substituents is 1. The van der Waals surface area contributed by atoms with Crippen LogP contribution in [0.3, 0.4) is 0 Å². The number of aryl methyl sites for hydroxylation is 1. The topological polar surface area (TPSA) is 33.1 Å². The van der Waals surface area contributed by atoms with Gasteiger partial charge in [-0.2, -0.15) is 13.2 Å². The number of halogens is 3. The average Bonchev–Trinajstić information content (AvgIpc) is 2.17. The lowest BCUT2D eigenvalue weighted by atomic mass is 10.1. The molecule has 0 saturated carbocycles. The summed E-state index contributed by atoms with van der Waals surface area (Å²) in [4.78, 5) is 3.51. The second-order valence-electron chi connectivity index (χ2n) is 3.52. The molecule has 1 N–H and O–H groups in total. The van der Waals surface area contributed by atoms with Gasteiger partial charge in [-0.15, -0.1) is 0 Å². The molecule has 5 heteroatoms. The third kappa shape index (κ3) is 1.80. The van der Waals surface area contributed by atoms with E-state index in [9.17, 15) is 18.3 Å². The van der Waals surface area contributed by atoms with E-state index in [-0.39, 0.29) is 11.3 Å². The third-order valence-corrected chi connectivity index (χ3v) is 2.29. The number of hydrogen-bond acceptors (Lipinski definition) is 2. The number of alkyl halides is 3. The van der Waals surface area contributed by atoms with Crippen LogP contribution in [0.25, 0.3) is 10.9 Å². The van der Waals surface area contributed by atoms with Gasteiger partial charge in [0.15, 0.2) is 0 Å². The summed E-state index contributed by atoms with van der Waals surface area (Å²) in [6.45, 7) is 1.55. The molecule has 0 bridgehead atoms. The van der Waals surface area contributed by atoms with Crippen LogP contribution in [0.2, 0.25) is 0 Å². The van der Waals surface area contributed by atoms with Crippen molar-refractivity contribution in [3.8, 4) is 5.75 Å². The molecule has 1 aromatic heterocycles. The van der Waals surface area contributed by atoms with Crippen LogP contribution >= 0.6 is 0 Å². The molecule has 0 spiro atoms. The van der Waals surface area contributed by atoms with Crippen LogP contribution < -0.4 is 0 Å². The molecule has 1 heterocycles. The molecule has 84 valence electrons. The fraction of sp³-hybridized carbons (Fsp3) is 0.182. The lowest BCUT2D eigenvalue weighted by Crippen LogP contribution is -2.08. The number of aromatic nitrogens is 1. The number of phenols is 1. The second kappa shape index (κ2) is 3.37. The summed E-state index contributed by atoms with van der Waals surface area (Å²) in [6.07, 6.45) is -4.45. The van der Waals surface area contributed by atoms with Gasteiger partial charge < -0.3 is 5.11 Å². The lowest BCUT2D eigenvalue weighted by Gasteiger charge is -2.09. The largest absolute Gasteiger partial charge is 0.508 e. The highest BCUT2D eigenvalue weighted by Gasteiger charge is 2.32. The van der Waals surface area contributed by atoms with Gasteiger partial charge in [0.2, 0.25) is 0 Å². The van der Waals surface area contributed by atoms with Crippen LogP contribution in [0.1, 0.15) is 11.3 Å². The van der Waals surface area contributed by atoms with Crippen molar-refractivity contribution in [1.29, 1.82) is 0 Å².